The van der Waals surface area contributed by atoms with Gasteiger partial charge in [-0.25, -0.2) is 14.8 Å². The SMILES string of the molecule is COc1cc2ncnc(Oc3ccc(N(C)C(=O)OC4CCCCC4)c(Cl)c3)c2cc1OC. The molecule has 0 spiro atoms. The molecule has 1 aliphatic rings. The van der Waals surface area contributed by atoms with E-state index in [-0.39, 0.29) is 6.10 Å². The highest BCUT2D eigenvalue weighted by atomic mass is 35.5. The Balaban J connectivity index is 1.53. The summed E-state index contributed by atoms with van der Waals surface area (Å²) < 4.78 is 22.3. The maximum atomic E-state index is 12.6. The molecule has 174 valence electrons. The van der Waals surface area contributed by atoms with Gasteiger partial charge in [-0.2, -0.15) is 0 Å². The van der Waals surface area contributed by atoms with Gasteiger partial charge in [-0.05, 0) is 43.9 Å². The van der Waals surface area contributed by atoms with Crippen molar-refractivity contribution >= 4 is 34.3 Å². The molecule has 0 aliphatic heterocycles. The number of benzene rings is 2. The van der Waals surface area contributed by atoms with E-state index < -0.39 is 6.09 Å². The van der Waals surface area contributed by atoms with Crippen LogP contribution in [0.3, 0.4) is 0 Å². The number of carbonyl (C=O) groups is 1. The largest absolute Gasteiger partial charge is 0.493 e. The van der Waals surface area contributed by atoms with E-state index in [9.17, 15) is 4.79 Å². The molecule has 0 N–H and O–H groups in total. The second-order valence-corrected chi connectivity index (χ2v) is 8.23. The number of anilines is 1. The molecule has 1 aliphatic carbocycles. The number of nitrogens with zero attached hydrogens (tertiary/aromatic N) is 3. The third-order valence-electron chi connectivity index (χ3n) is 5.69. The fourth-order valence-electron chi connectivity index (χ4n) is 3.88. The molecule has 4 rings (SSSR count). The molecule has 1 amide bonds. The number of halogens is 1. The molecule has 0 radical (unpaired) electrons. The maximum absolute atomic E-state index is 12.6. The van der Waals surface area contributed by atoms with Crippen molar-refractivity contribution in [2.75, 3.05) is 26.2 Å². The third-order valence-corrected chi connectivity index (χ3v) is 6.00. The Labute approximate surface area is 197 Å². The van der Waals surface area contributed by atoms with Crippen LogP contribution in [0.4, 0.5) is 10.5 Å². The molecule has 33 heavy (non-hydrogen) atoms. The van der Waals surface area contributed by atoms with Crippen molar-refractivity contribution in [1.29, 1.82) is 0 Å². The predicted molar refractivity (Wildman–Crippen MR) is 126 cm³/mol. The van der Waals surface area contributed by atoms with Crippen LogP contribution in [0.5, 0.6) is 23.1 Å². The van der Waals surface area contributed by atoms with E-state index in [1.807, 2.05) is 0 Å². The first kappa shape index (κ1) is 22.9. The smallest absolute Gasteiger partial charge is 0.414 e. The molecule has 9 heteroatoms. The highest BCUT2D eigenvalue weighted by Crippen LogP contribution is 2.37. The predicted octanol–water partition coefficient (Wildman–Crippen LogP) is 6.00. The van der Waals surface area contributed by atoms with Gasteiger partial charge in [-0.15, -0.1) is 0 Å². The summed E-state index contributed by atoms with van der Waals surface area (Å²) in [5, 5.41) is 1.01. The number of fused-ring (bicyclic) bond motifs is 1. The molecular formula is C24H26ClN3O5. The molecule has 1 fully saturated rings. The van der Waals surface area contributed by atoms with E-state index in [2.05, 4.69) is 9.97 Å². The lowest BCUT2D eigenvalue weighted by Gasteiger charge is -2.25. The Kier molecular flexibility index (Phi) is 7.03. The molecule has 1 aromatic heterocycles. The second kappa shape index (κ2) is 10.1. The van der Waals surface area contributed by atoms with Crippen LogP contribution in [0, 0.1) is 0 Å². The summed E-state index contributed by atoms with van der Waals surface area (Å²) in [6, 6.07) is 8.59. The molecule has 0 atom stereocenters. The van der Waals surface area contributed by atoms with Gasteiger partial charge in [0.2, 0.25) is 5.88 Å². The Hall–Kier alpha value is -3.26. The number of methoxy groups -OCH3 is 2. The maximum Gasteiger partial charge on any atom is 0.414 e. The fourth-order valence-corrected chi connectivity index (χ4v) is 4.18. The zero-order valence-electron chi connectivity index (χ0n) is 18.8. The Bertz CT molecular complexity index is 1150. The van der Waals surface area contributed by atoms with E-state index in [0.29, 0.717) is 44.7 Å². The average Bonchev–Trinajstić information content (AvgIpc) is 2.83. The zero-order chi connectivity index (χ0) is 23.4. The summed E-state index contributed by atoms with van der Waals surface area (Å²) >= 11 is 6.48. The number of rotatable bonds is 6. The fraction of sp³-hybridized carbons (Fsp3) is 0.375. The monoisotopic (exact) mass is 471 g/mol. The average molecular weight is 472 g/mol. The summed E-state index contributed by atoms with van der Waals surface area (Å²) in [5.41, 5.74) is 1.18. The summed E-state index contributed by atoms with van der Waals surface area (Å²) in [6.45, 7) is 0. The topological polar surface area (TPSA) is 83.0 Å². The minimum Gasteiger partial charge on any atom is -0.493 e. The standard InChI is InChI=1S/C24H26ClN3O5/c1-28(24(29)33-15-7-5-4-6-8-15)20-10-9-16(11-18(20)25)32-23-17-12-21(30-2)22(31-3)13-19(17)26-14-27-23/h9-15H,4-8H2,1-3H3. The van der Waals surface area contributed by atoms with Crippen molar-refractivity contribution in [1.82, 2.24) is 9.97 Å². The number of ether oxygens (including phenoxy) is 4. The normalized spacial score (nSPS) is 14.1. The molecular weight excluding hydrogens is 446 g/mol. The van der Waals surface area contributed by atoms with E-state index in [0.717, 1.165) is 25.7 Å². The number of carbonyl (C=O) groups excluding carboxylic acids is 1. The summed E-state index contributed by atoms with van der Waals surface area (Å²) in [4.78, 5) is 22.5. The summed E-state index contributed by atoms with van der Waals surface area (Å²) in [6.07, 6.45) is 6.15. The number of amides is 1. The van der Waals surface area contributed by atoms with Crippen molar-refractivity contribution in [3.05, 3.63) is 41.7 Å². The van der Waals surface area contributed by atoms with Crippen molar-refractivity contribution in [2.24, 2.45) is 0 Å². The highest BCUT2D eigenvalue weighted by molar-refractivity contribution is 6.33. The summed E-state index contributed by atoms with van der Waals surface area (Å²) in [7, 11) is 4.76. The van der Waals surface area contributed by atoms with Crippen LogP contribution >= 0.6 is 11.6 Å². The van der Waals surface area contributed by atoms with Crippen LogP contribution in [0.2, 0.25) is 5.02 Å². The van der Waals surface area contributed by atoms with Crippen LogP contribution in [0.25, 0.3) is 10.9 Å². The molecule has 1 heterocycles. The molecule has 2 aromatic carbocycles. The molecule has 8 nitrogen and oxygen atoms in total. The van der Waals surface area contributed by atoms with Gasteiger partial charge in [0.05, 0.1) is 35.8 Å². The number of hydrogen-bond donors (Lipinski definition) is 0. The first-order valence-electron chi connectivity index (χ1n) is 10.8. The molecule has 0 saturated heterocycles. The van der Waals surface area contributed by atoms with E-state index in [4.69, 9.17) is 30.5 Å². The lowest BCUT2D eigenvalue weighted by molar-refractivity contribution is 0.0818. The minimum absolute atomic E-state index is 0.0308. The quantitative estimate of drug-likeness (QED) is 0.436. The Morgan fingerprint density at radius 2 is 1.76 bits per heavy atom. The van der Waals surface area contributed by atoms with E-state index in [1.54, 1.807) is 51.6 Å². The second-order valence-electron chi connectivity index (χ2n) is 7.82. The molecule has 0 bridgehead atoms. The van der Waals surface area contributed by atoms with Crippen molar-refractivity contribution in [3.63, 3.8) is 0 Å². The van der Waals surface area contributed by atoms with Crippen LogP contribution in [0.1, 0.15) is 32.1 Å². The van der Waals surface area contributed by atoms with Crippen LogP contribution in [0.15, 0.2) is 36.7 Å². The van der Waals surface area contributed by atoms with Gasteiger partial charge in [0.1, 0.15) is 18.2 Å². The van der Waals surface area contributed by atoms with Gasteiger partial charge in [0.15, 0.2) is 11.5 Å². The summed E-state index contributed by atoms with van der Waals surface area (Å²) in [5.74, 6) is 1.91. The van der Waals surface area contributed by atoms with Gasteiger partial charge in [0, 0.05) is 19.2 Å². The van der Waals surface area contributed by atoms with Crippen LogP contribution < -0.4 is 19.1 Å². The van der Waals surface area contributed by atoms with Gasteiger partial charge in [-0.1, -0.05) is 18.0 Å². The number of hydrogen-bond acceptors (Lipinski definition) is 7. The lowest BCUT2D eigenvalue weighted by atomic mass is 9.98. The highest BCUT2D eigenvalue weighted by Gasteiger charge is 2.22. The molecule has 1 saturated carbocycles. The lowest BCUT2D eigenvalue weighted by Crippen LogP contribution is -2.32. The Morgan fingerprint density at radius 1 is 1.03 bits per heavy atom. The minimum atomic E-state index is -0.416. The van der Waals surface area contributed by atoms with E-state index in [1.165, 1.54) is 17.6 Å². The van der Waals surface area contributed by atoms with Crippen LogP contribution in [-0.4, -0.2) is 43.4 Å². The van der Waals surface area contributed by atoms with Crippen molar-refractivity contribution in [3.8, 4) is 23.1 Å². The molecule has 0 unspecified atom stereocenters. The van der Waals surface area contributed by atoms with Gasteiger partial charge in [0.25, 0.3) is 0 Å². The van der Waals surface area contributed by atoms with Gasteiger partial charge < -0.3 is 18.9 Å². The van der Waals surface area contributed by atoms with Crippen molar-refractivity contribution in [2.45, 2.75) is 38.2 Å². The van der Waals surface area contributed by atoms with Crippen molar-refractivity contribution < 1.29 is 23.7 Å². The Morgan fingerprint density at radius 3 is 2.45 bits per heavy atom. The number of aromatic nitrogens is 2. The molecule has 3 aromatic rings. The third kappa shape index (κ3) is 5.06. The van der Waals surface area contributed by atoms with Crippen LogP contribution in [-0.2, 0) is 4.74 Å². The van der Waals surface area contributed by atoms with Gasteiger partial charge >= 0.3 is 6.09 Å². The zero-order valence-corrected chi connectivity index (χ0v) is 19.6. The first-order valence-corrected chi connectivity index (χ1v) is 11.2. The van der Waals surface area contributed by atoms with Gasteiger partial charge in [-0.3, -0.25) is 4.90 Å². The first-order chi connectivity index (χ1) is 16.0. The van der Waals surface area contributed by atoms with E-state index >= 15 is 0 Å².